The molecule has 0 aromatic heterocycles. The Labute approximate surface area is 144 Å². The van der Waals surface area contributed by atoms with Gasteiger partial charge < -0.3 is 10.1 Å². The Bertz CT molecular complexity index is 782. The molecule has 1 unspecified atom stereocenters. The van der Waals surface area contributed by atoms with Crippen LogP contribution in [0.5, 0.6) is 0 Å². The van der Waals surface area contributed by atoms with Gasteiger partial charge in [-0.25, -0.2) is 13.2 Å². The third-order valence-electron chi connectivity index (χ3n) is 4.16. The summed E-state index contributed by atoms with van der Waals surface area (Å²) >= 11 is 0. The van der Waals surface area contributed by atoms with Gasteiger partial charge in [0.1, 0.15) is 5.82 Å². The van der Waals surface area contributed by atoms with E-state index in [9.17, 15) is 18.0 Å². The maximum absolute atomic E-state index is 14.3. The molecule has 134 valence electrons. The van der Waals surface area contributed by atoms with Gasteiger partial charge in [0, 0.05) is 11.6 Å². The van der Waals surface area contributed by atoms with Gasteiger partial charge in [0.15, 0.2) is 11.6 Å². The number of benzene rings is 2. The summed E-state index contributed by atoms with van der Waals surface area (Å²) < 4.78 is 46.6. The second kappa shape index (κ2) is 7.70. The molecule has 0 aliphatic heterocycles. The molecule has 0 saturated carbocycles. The Morgan fingerprint density at radius 3 is 2.24 bits per heavy atom. The number of esters is 1. The molecule has 3 nitrogen and oxygen atoms in total. The highest BCUT2D eigenvalue weighted by atomic mass is 19.2. The van der Waals surface area contributed by atoms with Crippen LogP contribution in [-0.2, 0) is 9.53 Å². The first-order valence-corrected chi connectivity index (χ1v) is 7.78. The maximum atomic E-state index is 14.3. The first kappa shape index (κ1) is 19.0. The smallest absolute Gasteiger partial charge is 0.307 e. The Kier molecular flexibility index (Phi) is 5.85. The minimum absolute atomic E-state index is 0.0195. The lowest BCUT2D eigenvalue weighted by molar-refractivity contribution is -0.141. The fourth-order valence-corrected chi connectivity index (χ4v) is 2.99. The molecule has 0 fully saturated rings. The highest BCUT2D eigenvalue weighted by molar-refractivity contribution is 5.73. The molecule has 0 aliphatic rings. The zero-order chi connectivity index (χ0) is 18.7. The first-order valence-electron chi connectivity index (χ1n) is 7.78. The second-order valence-corrected chi connectivity index (χ2v) is 5.90. The summed E-state index contributed by atoms with van der Waals surface area (Å²) in [5, 5.41) is 2.80. The molecule has 0 spiro atoms. The van der Waals surface area contributed by atoms with E-state index in [1.165, 1.54) is 25.3 Å². The number of hydrogen-bond donors (Lipinski definition) is 1. The Morgan fingerprint density at radius 2 is 1.72 bits per heavy atom. The predicted molar refractivity (Wildman–Crippen MR) is 89.7 cm³/mol. The van der Waals surface area contributed by atoms with Gasteiger partial charge in [0.05, 0.1) is 13.5 Å². The van der Waals surface area contributed by atoms with E-state index in [0.29, 0.717) is 22.3 Å². The van der Waals surface area contributed by atoms with Gasteiger partial charge >= 0.3 is 5.97 Å². The third-order valence-corrected chi connectivity index (χ3v) is 4.16. The van der Waals surface area contributed by atoms with E-state index < -0.39 is 23.6 Å². The van der Waals surface area contributed by atoms with E-state index in [-0.39, 0.29) is 17.8 Å². The Hall–Kier alpha value is -2.34. The van der Waals surface area contributed by atoms with Crippen molar-refractivity contribution in [1.82, 2.24) is 5.32 Å². The standard InChI is InChI=1S/C19H20F3NO2/c1-10-5-13(20)6-11(2)18(10)12-7-14(19(22)15(21)8-12)16(23-3)9-17(24)25-4/h5-8,16,23H,9H2,1-4H3. The topological polar surface area (TPSA) is 38.3 Å². The number of halogens is 3. The highest BCUT2D eigenvalue weighted by Gasteiger charge is 2.22. The highest BCUT2D eigenvalue weighted by Crippen LogP contribution is 2.33. The average Bonchev–Trinajstić information content (AvgIpc) is 2.54. The van der Waals surface area contributed by atoms with Crippen molar-refractivity contribution in [1.29, 1.82) is 0 Å². The first-order chi connectivity index (χ1) is 11.8. The number of rotatable bonds is 5. The molecule has 0 aliphatic carbocycles. The van der Waals surface area contributed by atoms with Gasteiger partial charge in [-0.05, 0) is 67.4 Å². The van der Waals surface area contributed by atoms with Crippen molar-refractivity contribution < 1.29 is 22.7 Å². The molecule has 0 amide bonds. The monoisotopic (exact) mass is 351 g/mol. The van der Waals surface area contributed by atoms with E-state index in [1.807, 2.05) is 0 Å². The summed E-state index contributed by atoms with van der Waals surface area (Å²) in [6.45, 7) is 3.41. The molecule has 0 radical (unpaired) electrons. The van der Waals surface area contributed by atoms with E-state index >= 15 is 0 Å². The molecular formula is C19H20F3NO2. The van der Waals surface area contributed by atoms with Gasteiger partial charge in [0.25, 0.3) is 0 Å². The van der Waals surface area contributed by atoms with Crippen molar-refractivity contribution in [3.8, 4) is 11.1 Å². The van der Waals surface area contributed by atoms with Crippen molar-refractivity contribution in [2.45, 2.75) is 26.3 Å². The number of nitrogens with one attached hydrogen (secondary N) is 1. The Balaban J connectivity index is 2.60. The van der Waals surface area contributed by atoms with Gasteiger partial charge in [-0.15, -0.1) is 0 Å². The van der Waals surface area contributed by atoms with Crippen molar-refractivity contribution in [3.05, 3.63) is 58.4 Å². The second-order valence-electron chi connectivity index (χ2n) is 5.90. The van der Waals surface area contributed by atoms with Crippen LogP contribution in [0.2, 0.25) is 0 Å². The molecule has 1 atom stereocenters. The van der Waals surface area contributed by atoms with Crippen LogP contribution < -0.4 is 5.32 Å². The van der Waals surface area contributed by atoms with Gasteiger partial charge in [-0.3, -0.25) is 4.79 Å². The Morgan fingerprint density at radius 1 is 1.12 bits per heavy atom. The lowest BCUT2D eigenvalue weighted by Gasteiger charge is -2.19. The summed E-state index contributed by atoms with van der Waals surface area (Å²) in [6, 6.07) is 4.50. The van der Waals surface area contributed by atoms with Crippen molar-refractivity contribution in [2.75, 3.05) is 14.2 Å². The van der Waals surface area contributed by atoms with Gasteiger partial charge in [-0.1, -0.05) is 0 Å². The number of aryl methyl sites for hydroxylation is 2. The average molecular weight is 351 g/mol. The van der Waals surface area contributed by atoms with Crippen LogP contribution in [0, 0.1) is 31.3 Å². The number of carbonyl (C=O) groups excluding carboxylic acids is 1. The predicted octanol–water partition coefficient (Wildman–Crippen LogP) is 4.21. The fourth-order valence-electron chi connectivity index (χ4n) is 2.99. The largest absolute Gasteiger partial charge is 0.469 e. The normalized spacial score (nSPS) is 12.1. The van der Waals surface area contributed by atoms with E-state index in [4.69, 9.17) is 0 Å². The lowest BCUT2D eigenvalue weighted by Crippen LogP contribution is -2.22. The summed E-state index contributed by atoms with van der Waals surface area (Å²) in [7, 11) is 2.78. The molecule has 25 heavy (non-hydrogen) atoms. The van der Waals surface area contributed by atoms with E-state index in [0.717, 1.165) is 6.07 Å². The summed E-state index contributed by atoms with van der Waals surface area (Å²) in [5.41, 5.74) is 2.31. The molecule has 1 N–H and O–H groups in total. The van der Waals surface area contributed by atoms with Crippen molar-refractivity contribution in [2.24, 2.45) is 0 Å². The summed E-state index contributed by atoms with van der Waals surface area (Å²) in [6.07, 6.45) is -0.145. The summed E-state index contributed by atoms with van der Waals surface area (Å²) in [4.78, 5) is 11.5. The molecule has 2 aromatic rings. The lowest BCUT2D eigenvalue weighted by atomic mass is 9.92. The van der Waals surface area contributed by atoms with Crippen molar-refractivity contribution >= 4 is 5.97 Å². The number of methoxy groups -OCH3 is 1. The molecule has 2 rings (SSSR count). The number of ether oxygens (including phenoxy) is 1. The molecule has 0 saturated heterocycles. The van der Waals surface area contributed by atoms with Crippen LogP contribution in [0.15, 0.2) is 24.3 Å². The maximum Gasteiger partial charge on any atom is 0.307 e. The molecule has 2 aromatic carbocycles. The van der Waals surface area contributed by atoms with Crippen LogP contribution in [0.1, 0.15) is 29.2 Å². The molecule has 6 heteroatoms. The van der Waals surface area contributed by atoms with Crippen LogP contribution in [-0.4, -0.2) is 20.1 Å². The van der Waals surface area contributed by atoms with E-state index in [1.54, 1.807) is 20.9 Å². The van der Waals surface area contributed by atoms with Gasteiger partial charge in [-0.2, -0.15) is 0 Å². The van der Waals surface area contributed by atoms with Gasteiger partial charge in [0.2, 0.25) is 0 Å². The zero-order valence-electron chi connectivity index (χ0n) is 14.5. The molecular weight excluding hydrogens is 331 g/mol. The quantitative estimate of drug-likeness (QED) is 0.820. The molecule has 0 heterocycles. The number of carbonyl (C=O) groups is 1. The van der Waals surface area contributed by atoms with Crippen LogP contribution >= 0.6 is 0 Å². The van der Waals surface area contributed by atoms with Crippen LogP contribution in [0.4, 0.5) is 13.2 Å². The third kappa shape index (κ3) is 4.02. The fraction of sp³-hybridized carbons (Fsp3) is 0.316. The SMILES string of the molecule is CNC(CC(=O)OC)c1cc(-c2c(C)cc(F)cc2C)cc(F)c1F. The zero-order valence-corrected chi connectivity index (χ0v) is 14.5. The van der Waals surface area contributed by atoms with Crippen LogP contribution in [0.3, 0.4) is 0 Å². The summed E-state index contributed by atoms with van der Waals surface area (Å²) in [5.74, 6) is -2.98. The minimum Gasteiger partial charge on any atom is -0.469 e. The van der Waals surface area contributed by atoms with Crippen LogP contribution in [0.25, 0.3) is 11.1 Å². The van der Waals surface area contributed by atoms with Crippen molar-refractivity contribution in [3.63, 3.8) is 0 Å². The van der Waals surface area contributed by atoms with E-state index in [2.05, 4.69) is 10.1 Å². The number of hydrogen-bond acceptors (Lipinski definition) is 3. The minimum atomic E-state index is -1.03. The molecule has 0 bridgehead atoms.